The summed E-state index contributed by atoms with van der Waals surface area (Å²) in [7, 11) is -2.36. The van der Waals surface area contributed by atoms with Gasteiger partial charge >= 0.3 is 5.97 Å². The van der Waals surface area contributed by atoms with Gasteiger partial charge in [-0.2, -0.15) is 4.31 Å². The average molecular weight is 409 g/mol. The van der Waals surface area contributed by atoms with Crippen molar-refractivity contribution < 1.29 is 31.8 Å². The summed E-state index contributed by atoms with van der Waals surface area (Å²) in [5, 5.41) is 0. The van der Waals surface area contributed by atoms with E-state index in [0.717, 1.165) is 0 Å². The quantitative estimate of drug-likeness (QED) is 0.681. The van der Waals surface area contributed by atoms with E-state index in [1.807, 2.05) is 0 Å². The van der Waals surface area contributed by atoms with Gasteiger partial charge in [-0.05, 0) is 35.9 Å². The molecule has 0 atom stereocenters. The number of halogens is 1. The number of carbonyl (C=O) groups excluding carboxylic acids is 1. The van der Waals surface area contributed by atoms with Crippen molar-refractivity contribution in [1.29, 1.82) is 0 Å². The lowest BCUT2D eigenvalue weighted by Gasteiger charge is -2.26. The van der Waals surface area contributed by atoms with Gasteiger partial charge in [-0.1, -0.05) is 12.1 Å². The highest BCUT2D eigenvalue weighted by atomic mass is 32.2. The van der Waals surface area contributed by atoms with Gasteiger partial charge in [0.1, 0.15) is 6.61 Å². The summed E-state index contributed by atoms with van der Waals surface area (Å²) in [6.45, 7) is 1.04. The van der Waals surface area contributed by atoms with Crippen LogP contribution in [0.1, 0.15) is 15.9 Å². The van der Waals surface area contributed by atoms with Gasteiger partial charge in [0.05, 0.1) is 30.8 Å². The van der Waals surface area contributed by atoms with E-state index in [1.165, 1.54) is 47.8 Å². The van der Waals surface area contributed by atoms with Crippen molar-refractivity contribution in [3.05, 3.63) is 59.4 Å². The zero-order valence-electron chi connectivity index (χ0n) is 15.3. The van der Waals surface area contributed by atoms with Gasteiger partial charge in [-0.15, -0.1) is 0 Å². The van der Waals surface area contributed by atoms with E-state index in [9.17, 15) is 17.6 Å². The number of rotatable bonds is 6. The lowest BCUT2D eigenvalue weighted by Crippen LogP contribution is -2.40. The zero-order chi connectivity index (χ0) is 20.1. The number of hydrogen-bond donors (Lipinski definition) is 0. The molecule has 0 spiro atoms. The molecule has 1 fully saturated rings. The molecule has 0 amide bonds. The summed E-state index contributed by atoms with van der Waals surface area (Å²) in [6, 6.07) is 9.89. The highest BCUT2D eigenvalue weighted by Gasteiger charge is 2.27. The Morgan fingerprint density at radius 1 is 1.18 bits per heavy atom. The van der Waals surface area contributed by atoms with Gasteiger partial charge in [-0.3, -0.25) is 0 Å². The maximum absolute atomic E-state index is 13.7. The fraction of sp³-hybridized carbons (Fsp3) is 0.316. The number of morpholine rings is 1. The van der Waals surface area contributed by atoms with Crippen molar-refractivity contribution in [3.8, 4) is 5.75 Å². The summed E-state index contributed by atoms with van der Waals surface area (Å²) in [6.07, 6.45) is 0. The molecular weight excluding hydrogens is 389 g/mol. The molecule has 3 rings (SSSR count). The van der Waals surface area contributed by atoms with Gasteiger partial charge in [-0.25, -0.2) is 17.6 Å². The Balaban J connectivity index is 1.71. The van der Waals surface area contributed by atoms with E-state index in [0.29, 0.717) is 18.8 Å². The van der Waals surface area contributed by atoms with Crippen LogP contribution >= 0.6 is 0 Å². The first-order chi connectivity index (χ1) is 13.4. The molecule has 9 heteroatoms. The number of carbonyl (C=O) groups is 1. The van der Waals surface area contributed by atoms with Gasteiger partial charge in [0.2, 0.25) is 10.0 Å². The van der Waals surface area contributed by atoms with Gasteiger partial charge in [0.15, 0.2) is 11.6 Å². The van der Waals surface area contributed by atoms with Gasteiger partial charge < -0.3 is 14.2 Å². The van der Waals surface area contributed by atoms with Crippen LogP contribution in [0.5, 0.6) is 5.75 Å². The number of hydrogen-bond acceptors (Lipinski definition) is 6. The van der Waals surface area contributed by atoms with Crippen LogP contribution in [0, 0.1) is 5.82 Å². The number of ether oxygens (including phenoxy) is 3. The largest absolute Gasteiger partial charge is 0.494 e. The topological polar surface area (TPSA) is 82.1 Å². The second kappa shape index (κ2) is 8.68. The monoisotopic (exact) mass is 409 g/mol. The molecule has 150 valence electrons. The molecule has 1 aliphatic heterocycles. The molecule has 7 nitrogen and oxygen atoms in total. The van der Waals surface area contributed by atoms with E-state index in [-0.39, 0.29) is 35.9 Å². The minimum atomic E-state index is -3.72. The van der Waals surface area contributed by atoms with E-state index >= 15 is 0 Å². The number of benzene rings is 2. The molecule has 0 aliphatic carbocycles. The van der Waals surface area contributed by atoms with Gasteiger partial charge in [0, 0.05) is 13.1 Å². The Labute approximate surface area is 162 Å². The molecule has 2 aromatic carbocycles. The highest BCUT2D eigenvalue weighted by Crippen LogP contribution is 2.20. The van der Waals surface area contributed by atoms with Gasteiger partial charge in [0.25, 0.3) is 0 Å². The molecule has 1 heterocycles. The van der Waals surface area contributed by atoms with Crippen LogP contribution in [-0.2, 0) is 26.1 Å². The Bertz CT molecular complexity index is 957. The molecule has 0 saturated carbocycles. The van der Waals surface area contributed by atoms with Crippen LogP contribution < -0.4 is 4.74 Å². The number of methoxy groups -OCH3 is 1. The maximum Gasteiger partial charge on any atom is 0.338 e. The predicted molar refractivity (Wildman–Crippen MR) is 98.1 cm³/mol. The van der Waals surface area contributed by atoms with E-state index < -0.39 is 21.8 Å². The van der Waals surface area contributed by atoms with Crippen LogP contribution in [-0.4, -0.2) is 52.1 Å². The Hall–Kier alpha value is -2.49. The zero-order valence-corrected chi connectivity index (χ0v) is 16.1. The SMILES string of the molecule is COc1ccc(COC(=O)c2cccc(S(=O)(=O)N3CCOCC3)c2)cc1F. The van der Waals surface area contributed by atoms with Crippen LogP contribution in [0.4, 0.5) is 4.39 Å². The van der Waals surface area contributed by atoms with Crippen LogP contribution in [0.2, 0.25) is 0 Å². The summed E-state index contributed by atoms with van der Waals surface area (Å²) >= 11 is 0. The molecule has 2 aromatic rings. The summed E-state index contributed by atoms with van der Waals surface area (Å²) in [5.41, 5.74) is 0.548. The van der Waals surface area contributed by atoms with Crippen LogP contribution in [0.3, 0.4) is 0 Å². The molecule has 1 aliphatic rings. The molecule has 28 heavy (non-hydrogen) atoms. The highest BCUT2D eigenvalue weighted by molar-refractivity contribution is 7.89. The van der Waals surface area contributed by atoms with E-state index in [1.54, 1.807) is 6.07 Å². The lowest BCUT2D eigenvalue weighted by molar-refractivity contribution is 0.0472. The summed E-state index contributed by atoms with van der Waals surface area (Å²) in [4.78, 5) is 12.3. The fourth-order valence-electron chi connectivity index (χ4n) is 2.75. The first kappa shape index (κ1) is 20.2. The Morgan fingerprint density at radius 2 is 1.93 bits per heavy atom. The molecule has 0 unspecified atom stereocenters. The van der Waals surface area contributed by atoms with E-state index in [4.69, 9.17) is 14.2 Å². The minimum Gasteiger partial charge on any atom is -0.494 e. The normalized spacial score (nSPS) is 15.2. The van der Waals surface area contributed by atoms with Crippen LogP contribution in [0.25, 0.3) is 0 Å². The number of esters is 1. The lowest BCUT2D eigenvalue weighted by atomic mass is 10.2. The third kappa shape index (κ3) is 4.49. The molecule has 0 N–H and O–H groups in total. The second-order valence-corrected chi connectivity index (χ2v) is 8.03. The first-order valence-corrected chi connectivity index (χ1v) is 10.0. The van der Waals surface area contributed by atoms with Crippen molar-refractivity contribution in [2.75, 3.05) is 33.4 Å². The number of nitrogens with zero attached hydrogens (tertiary/aromatic N) is 1. The third-order valence-electron chi connectivity index (χ3n) is 4.26. The van der Waals surface area contributed by atoms with Crippen molar-refractivity contribution in [2.24, 2.45) is 0 Å². The Kier molecular flexibility index (Phi) is 6.28. The van der Waals surface area contributed by atoms with Crippen molar-refractivity contribution in [1.82, 2.24) is 4.31 Å². The molecule has 0 radical (unpaired) electrons. The molecule has 0 aromatic heterocycles. The number of sulfonamides is 1. The molecule has 0 bridgehead atoms. The summed E-state index contributed by atoms with van der Waals surface area (Å²) < 4.78 is 55.6. The smallest absolute Gasteiger partial charge is 0.338 e. The second-order valence-electron chi connectivity index (χ2n) is 6.09. The van der Waals surface area contributed by atoms with Crippen LogP contribution in [0.15, 0.2) is 47.4 Å². The molecule has 1 saturated heterocycles. The van der Waals surface area contributed by atoms with E-state index in [2.05, 4.69) is 0 Å². The average Bonchev–Trinajstić information content (AvgIpc) is 2.73. The molecular formula is C19H20FNO6S. The third-order valence-corrected chi connectivity index (χ3v) is 6.16. The van der Waals surface area contributed by atoms with Crippen molar-refractivity contribution >= 4 is 16.0 Å². The first-order valence-electron chi connectivity index (χ1n) is 8.59. The minimum absolute atomic E-state index is 0.0133. The Morgan fingerprint density at radius 3 is 2.61 bits per heavy atom. The predicted octanol–water partition coefficient (Wildman–Crippen LogP) is 2.21. The maximum atomic E-state index is 13.7. The van der Waals surface area contributed by atoms with Crippen molar-refractivity contribution in [2.45, 2.75) is 11.5 Å². The standard InChI is InChI=1S/C19H20FNO6S/c1-25-18-6-5-14(11-17(18)20)13-27-19(22)15-3-2-4-16(12-15)28(23,24)21-7-9-26-10-8-21/h2-6,11-12H,7-10,13H2,1H3. The summed E-state index contributed by atoms with van der Waals surface area (Å²) in [5.74, 6) is -1.17. The fourth-order valence-corrected chi connectivity index (χ4v) is 4.21. The van der Waals surface area contributed by atoms with Crippen molar-refractivity contribution in [3.63, 3.8) is 0 Å².